The fourth-order valence-electron chi connectivity index (χ4n) is 2.49. The molecular formula is C15H28N2O2. The monoisotopic (exact) mass is 268 g/mol. The quantitative estimate of drug-likeness (QED) is 0.802. The van der Waals surface area contributed by atoms with E-state index in [2.05, 4.69) is 10.2 Å². The summed E-state index contributed by atoms with van der Waals surface area (Å²) >= 11 is 0. The Kier molecular flexibility index (Phi) is 6.49. The molecule has 0 aromatic heterocycles. The van der Waals surface area contributed by atoms with Crippen molar-refractivity contribution in [2.45, 2.75) is 47.0 Å². The Morgan fingerprint density at radius 3 is 2.21 bits per heavy atom. The van der Waals surface area contributed by atoms with Crippen LogP contribution in [0.4, 0.5) is 0 Å². The van der Waals surface area contributed by atoms with Gasteiger partial charge in [-0.15, -0.1) is 0 Å². The molecule has 0 aromatic carbocycles. The molecule has 1 amide bonds. The molecule has 1 N–H and O–H groups in total. The molecule has 0 unspecified atom stereocenters. The SMILES string of the molecule is CC(C)CC(=O)NCN1CCC(C(=O)C(C)C)CC1. The number of piperidine rings is 1. The van der Waals surface area contributed by atoms with Crippen molar-refractivity contribution >= 4 is 11.7 Å². The van der Waals surface area contributed by atoms with E-state index in [4.69, 9.17) is 0 Å². The Morgan fingerprint density at radius 1 is 1.16 bits per heavy atom. The van der Waals surface area contributed by atoms with Crippen LogP contribution in [-0.2, 0) is 9.59 Å². The van der Waals surface area contributed by atoms with Crippen LogP contribution in [0, 0.1) is 17.8 Å². The van der Waals surface area contributed by atoms with Crippen molar-refractivity contribution in [3.63, 3.8) is 0 Å². The standard InChI is InChI=1S/C15H28N2O2/c1-11(2)9-14(18)16-10-17-7-5-13(6-8-17)15(19)12(3)4/h11-13H,5-10H2,1-4H3,(H,16,18). The largest absolute Gasteiger partial charge is 0.343 e. The van der Waals surface area contributed by atoms with E-state index in [9.17, 15) is 9.59 Å². The van der Waals surface area contributed by atoms with Gasteiger partial charge in [-0.3, -0.25) is 14.5 Å². The van der Waals surface area contributed by atoms with Crippen LogP contribution in [-0.4, -0.2) is 36.3 Å². The molecule has 1 fully saturated rings. The number of nitrogens with zero attached hydrogens (tertiary/aromatic N) is 1. The lowest BCUT2D eigenvalue weighted by molar-refractivity contribution is -0.128. The highest BCUT2D eigenvalue weighted by Crippen LogP contribution is 2.20. The molecule has 0 aliphatic carbocycles. The van der Waals surface area contributed by atoms with E-state index in [1.807, 2.05) is 27.7 Å². The van der Waals surface area contributed by atoms with Crippen LogP contribution in [0.2, 0.25) is 0 Å². The first-order valence-electron chi connectivity index (χ1n) is 7.43. The maximum Gasteiger partial charge on any atom is 0.221 e. The average Bonchev–Trinajstić information content (AvgIpc) is 2.35. The molecule has 110 valence electrons. The lowest BCUT2D eigenvalue weighted by atomic mass is 9.87. The van der Waals surface area contributed by atoms with Gasteiger partial charge < -0.3 is 5.32 Å². The molecule has 1 aliphatic heterocycles. The highest BCUT2D eigenvalue weighted by atomic mass is 16.1. The zero-order valence-electron chi connectivity index (χ0n) is 12.7. The highest BCUT2D eigenvalue weighted by Gasteiger charge is 2.26. The van der Waals surface area contributed by atoms with E-state index < -0.39 is 0 Å². The van der Waals surface area contributed by atoms with E-state index in [0.717, 1.165) is 25.9 Å². The normalized spacial score (nSPS) is 18.0. The second kappa shape index (κ2) is 7.63. The van der Waals surface area contributed by atoms with Crippen molar-refractivity contribution in [1.29, 1.82) is 0 Å². The molecule has 0 spiro atoms. The van der Waals surface area contributed by atoms with Crippen LogP contribution >= 0.6 is 0 Å². The van der Waals surface area contributed by atoms with E-state index in [1.54, 1.807) is 0 Å². The molecule has 0 radical (unpaired) electrons. The minimum Gasteiger partial charge on any atom is -0.343 e. The van der Waals surface area contributed by atoms with Gasteiger partial charge in [0.25, 0.3) is 0 Å². The molecule has 1 heterocycles. The van der Waals surface area contributed by atoms with Crippen LogP contribution in [0.25, 0.3) is 0 Å². The molecule has 19 heavy (non-hydrogen) atoms. The van der Waals surface area contributed by atoms with Crippen molar-refractivity contribution in [3.05, 3.63) is 0 Å². The molecule has 4 heteroatoms. The summed E-state index contributed by atoms with van der Waals surface area (Å²) in [6.07, 6.45) is 2.44. The maximum atomic E-state index is 11.9. The van der Waals surface area contributed by atoms with Gasteiger partial charge >= 0.3 is 0 Å². The van der Waals surface area contributed by atoms with Gasteiger partial charge in [0, 0.05) is 31.3 Å². The number of likely N-dealkylation sites (tertiary alicyclic amines) is 1. The van der Waals surface area contributed by atoms with Gasteiger partial charge in [-0.1, -0.05) is 27.7 Å². The lowest BCUT2D eigenvalue weighted by Gasteiger charge is -2.31. The molecule has 0 bridgehead atoms. The molecular weight excluding hydrogens is 240 g/mol. The number of hydrogen-bond acceptors (Lipinski definition) is 3. The van der Waals surface area contributed by atoms with Crippen LogP contribution < -0.4 is 5.32 Å². The second-order valence-electron chi connectivity index (χ2n) is 6.31. The maximum absolute atomic E-state index is 11.9. The smallest absolute Gasteiger partial charge is 0.221 e. The summed E-state index contributed by atoms with van der Waals surface area (Å²) < 4.78 is 0. The average molecular weight is 268 g/mol. The number of Topliss-reactive ketones (excluding diaryl/α,β-unsaturated/α-hetero) is 1. The van der Waals surface area contributed by atoms with Crippen LogP contribution in [0.1, 0.15) is 47.0 Å². The van der Waals surface area contributed by atoms with Crippen molar-refractivity contribution in [3.8, 4) is 0 Å². The first-order chi connectivity index (χ1) is 8.90. The van der Waals surface area contributed by atoms with Gasteiger partial charge in [-0.05, 0) is 18.8 Å². The number of hydrogen-bond donors (Lipinski definition) is 1. The van der Waals surface area contributed by atoms with Crippen molar-refractivity contribution in [2.24, 2.45) is 17.8 Å². The highest BCUT2D eigenvalue weighted by molar-refractivity contribution is 5.82. The van der Waals surface area contributed by atoms with Gasteiger partial charge in [0.1, 0.15) is 5.78 Å². The van der Waals surface area contributed by atoms with Crippen molar-refractivity contribution in [2.75, 3.05) is 19.8 Å². The number of amides is 1. The molecule has 0 atom stereocenters. The molecule has 0 saturated carbocycles. The Bertz CT molecular complexity index is 305. The van der Waals surface area contributed by atoms with Gasteiger partial charge in [-0.2, -0.15) is 0 Å². The number of ketones is 1. The van der Waals surface area contributed by atoms with Crippen molar-refractivity contribution in [1.82, 2.24) is 10.2 Å². The molecule has 4 nitrogen and oxygen atoms in total. The number of carbonyl (C=O) groups is 2. The van der Waals surface area contributed by atoms with Gasteiger partial charge in [-0.25, -0.2) is 0 Å². The minimum atomic E-state index is 0.121. The third-order valence-corrected chi connectivity index (χ3v) is 3.65. The summed E-state index contributed by atoms with van der Waals surface area (Å²) in [5, 5.41) is 2.95. The summed E-state index contributed by atoms with van der Waals surface area (Å²) in [5.41, 5.74) is 0. The van der Waals surface area contributed by atoms with E-state index in [1.165, 1.54) is 0 Å². The first-order valence-corrected chi connectivity index (χ1v) is 7.43. The molecule has 1 aliphatic rings. The predicted octanol–water partition coefficient (Wildman–Crippen LogP) is 2.04. The fraction of sp³-hybridized carbons (Fsp3) is 0.867. The van der Waals surface area contributed by atoms with E-state index >= 15 is 0 Å². The Hall–Kier alpha value is -0.900. The van der Waals surface area contributed by atoms with Gasteiger partial charge in [0.05, 0.1) is 6.67 Å². The molecule has 1 rings (SSSR count). The Balaban J connectivity index is 2.23. The van der Waals surface area contributed by atoms with Crippen LogP contribution in [0.3, 0.4) is 0 Å². The first kappa shape index (κ1) is 16.2. The zero-order valence-corrected chi connectivity index (χ0v) is 12.7. The topological polar surface area (TPSA) is 49.4 Å². The van der Waals surface area contributed by atoms with Gasteiger partial charge in [0.15, 0.2) is 0 Å². The zero-order chi connectivity index (χ0) is 14.4. The van der Waals surface area contributed by atoms with E-state index in [-0.39, 0.29) is 17.7 Å². The minimum absolute atomic E-state index is 0.121. The number of rotatable bonds is 6. The fourth-order valence-corrected chi connectivity index (χ4v) is 2.49. The summed E-state index contributed by atoms with van der Waals surface area (Å²) in [4.78, 5) is 25.7. The van der Waals surface area contributed by atoms with Gasteiger partial charge in [0.2, 0.25) is 5.91 Å². The lowest BCUT2D eigenvalue weighted by Crippen LogP contribution is -2.43. The van der Waals surface area contributed by atoms with Crippen molar-refractivity contribution < 1.29 is 9.59 Å². The summed E-state index contributed by atoms with van der Waals surface area (Å²) in [6, 6.07) is 0. The van der Waals surface area contributed by atoms with Crippen LogP contribution in [0.5, 0.6) is 0 Å². The second-order valence-corrected chi connectivity index (χ2v) is 6.31. The Labute approximate surface area is 116 Å². The number of nitrogens with one attached hydrogen (secondary N) is 1. The predicted molar refractivity (Wildman–Crippen MR) is 76.6 cm³/mol. The summed E-state index contributed by atoms with van der Waals surface area (Å²) in [7, 11) is 0. The van der Waals surface area contributed by atoms with E-state index in [0.29, 0.717) is 24.8 Å². The third-order valence-electron chi connectivity index (χ3n) is 3.65. The molecule has 1 saturated heterocycles. The Morgan fingerprint density at radius 2 is 1.74 bits per heavy atom. The summed E-state index contributed by atoms with van der Waals surface area (Å²) in [6.45, 7) is 10.5. The van der Waals surface area contributed by atoms with Crippen LogP contribution in [0.15, 0.2) is 0 Å². The number of carbonyl (C=O) groups excluding carboxylic acids is 2. The molecule has 0 aromatic rings. The third kappa shape index (κ3) is 5.72. The summed E-state index contributed by atoms with van der Waals surface area (Å²) in [5.74, 6) is 1.28.